The number of likely N-dealkylation sites (N-methyl/N-ethyl adjacent to an activating group) is 1. The van der Waals surface area contributed by atoms with Crippen molar-refractivity contribution in [2.75, 3.05) is 45.2 Å². The molecule has 1 aliphatic carbocycles. The molecule has 2 aromatic carbocycles. The maximum atomic E-state index is 13.4. The summed E-state index contributed by atoms with van der Waals surface area (Å²) in [6, 6.07) is 14.3. The number of hydrogen-bond acceptors (Lipinski definition) is 7. The fourth-order valence-electron chi connectivity index (χ4n) is 5.63. The molecule has 1 saturated carbocycles. The first kappa shape index (κ1) is 26.1. The van der Waals surface area contributed by atoms with Gasteiger partial charge in [0.15, 0.2) is 0 Å². The van der Waals surface area contributed by atoms with Crippen LogP contribution in [0.4, 0.5) is 11.4 Å². The summed E-state index contributed by atoms with van der Waals surface area (Å²) < 4.78 is 5.31. The number of non-ortho nitro benzene ring substituents is 1. The minimum Gasteiger partial charge on any atom is -0.497 e. The van der Waals surface area contributed by atoms with Gasteiger partial charge in [-0.1, -0.05) is 12.1 Å². The highest BCUT2D eigenvalue weighted by atomic mass is 32.2. The molecule has 3 atom stereocenters. The molecule has 38 heavy (non-hydrogen) atoms. The quantitative estimate of drug-likeness (QED) is 0.323. The molecule has 0 spiro atoms. The molecular formula is C28H32N4O5S. The van der Waals surface area contributed by atoms with Crippen LogP contribution in [-0.2, 0) is 9.59 Å². The summed E-state index contributed by atoms with van der Waals surface area (Å²) >= 11 is 1.64. The number of nitrogens with zero attached hydrogens (tertiary/aromatic N) is 4. The highest BCUT2D eigenvalue weighted by Gasteiger charge is 2.43. The fourth-order valence-corrected chi connectivity index (χ4v) is 7.11. The SMILES string of the molecule is COc1cccc(/C=C2\SC3CCC(C(=O)N4CCN(c5ccc([N+](=O)[O-])cc5)CC4)CC3N(C)C2=O)c1. The lowest BCUT2D eigenvalue weighted by atomic mass is 9.83. The number of methoxy groups -OCH3 is 1. The van der Waals surface area contributed by atoms with Crippen LogP contribution in [0.5, 0.6) is 5.75 Å². The van der Waals surface area contributed by atoms with Crippen LogP contribution in [0.25, 0.3) is 6.08 Å². The van der Waals surface area contributed by atoms with Crippen molar-refractivity contribution in [3.63, 3.8) is 0 Å². The minimum absolute atomic E-state index is 0.00359. The van der Waals surface area contributed by atoms with Crippen LogP contribution in [0.15, 0.2) is 53.4 Å². The standard InChI is InChI=1S/C28H32N4O5S/c1-29-24-18-20(6-11-25(24)38-26(28(29)34)17-19-4-3-5-23(16-19)37-2)27(33)31-14-12-30(13-15-31)21-7-9-22(10-8-21)32(35)36/h3-5,7-10,16-17,20,24-25H,6,11-15,18H2,1-2H3/b26-17-. The predicted molar refractivity (Wildman–Crippen MR) is 148 cm³/mol. The van der Waals surface area contributed by atoms with Crippen LogP contribution in [0, 0.1) is 16.0 Å². The summed E-state index contributed by atoms with van der Waals surface area (Å²) in [5, 5.41) is 11.2. The van der Waals surface area contributed by atoms with Gasteiger partial charge in [-0.3, -0.25) is 19.7 Å². The van der Waals surface area contributed by atoms with E-state index in [4.69, 9.17) is 4.74 Å². The number of amides is 2. The molecule has 2 saturated heterocycles. The van der Waals surface area contributed by atoms with E-state index in [-0.39, 0.29) is 34.7 Å². The van der Waals surface area contributed by atoms with Crippen LogP contribution in [0.3, 0.4) is 0 Å². The summed E-state index contributed by atoms with van der Waals surface area (Å²) in [4.78, 5) is 43.8. The molecule has 0 aromatic heterocycles. The number of rotatable bonds is 5. The second kappa shape index (κ2) is 11.1. The molecule has 10 heteroatoms. The van der Waals surface area contributed by atoms with Gasteiger partial charge in [0.25, 0.3) is 11.6 Å². The van der Waals surface area contributed by atoms with Crippen LogP contribution in [0.1, 0.15) is 24.8 Å². The summed E-state index contributed by atoms with van der Waals surface area (Å²) in [5.41, 5.74) is 1.94. The third-order valence-corrected chi connectivity index (χ3v) is 9.22. The van der Waals surface area contributed by atoms with Crippen molar-refractivity contribution in [3.05, 3.63) is 69.1 Å². The Morgan fingerprint density at radius 3 is 2.53 bits per heavy atom. The minimum atomic E-state index is -0.400. The first-order valence-electron chi connectivity index (χ1n) is 12.9. The second-order valence-corrected chi connectivity index (χ2v) is 11.3. The Kier molecular flexibility index (Phi) is 7.60. The van der Waals surface area contributed by atoms with Gasteiger partial charge in [0, 0.05) is 68.3 Å². The zero-order valence-electron chi connectivity index (χ0n) is 21.6. The molecule has 3 aliphatic rings. The molecular weight excluding hydrogens is 504 g/mol. The zero-order chi connectivity index (χ0) is 26.8. The molecule has 2 amide bonds. The number of hydrogen-bond donors (Lipinski definition) is 0. The number of nitro groups is 1. The van der Waals surface area contributed by atoms with Gasteiger partial charge in [0.2, 0.25) is 5.91 Å². The monoisotopic (exact) mass is 536 g/mol. The lowest BCUT2D eigenvalue weighted by molar-refractivity contribution is -0.384. The van der Waals surface area contributed by atoms with Gasteiger partial charge in [-0.2, -0.15) is 0 Å². The smallest absolute Gasteiger partial charge is 0.269 e. The lowest BCUT2D eigenvalue weighted by Crippen LogP contribution is -2.55. The largest absolute Gasteiger partial charge is 0.497 e. The van der Waals surface area contributed by atoms with E-state index < -0.39 is 4.92 Å². The number of carbonyl (C=O) groups is 2. The summed E-state index contributed by atoms with van der Waals surface area (Å²) in [6.07, 6.45) is 4.34. The molecule has 2 aliphatic heterocycles. The normalized spacial score (nSPS) is 24.8. The maximum Gasteiger partial charge on any atom is 0.269 e. The van der Waals surface area contributed by atoms with Gasteiger partial charge >= 0.3 is 0 Å². The molecule has 2 aromatic rings. The van der Waals surface area contributed by atoms with Crippen molar-refractivity contribution in [2.45, 2.75) is 30.6 Å². The Morgan fingerprint density at radius 1 is 1.11 bits per heavy atom. The van der Waals surface area contributed by atoms with Gasteiger partial charge < -0.3 is 19.4 Å². The third-order valence-electron chi connectivity index (χ3n) is 7.82. The molecule has 5 rings (SSSR count). The number of nitro benzene ring substituents is 1. The van der Waals surface area contributed by atoms with E-state index in [1.165, 1.54) is 12.1 Å². The van der Waals surface area contributed by atoms with Crippen molar-refractivity contribution in [2.24, 2.45) is 5.92 Å². The third kappa shape index (κ3) is 5.36. The van der Waals surface area contributed by atoms with Crippen LogP contribution >= 0.6 is 11.8 Å². The number of ether oxygens (including phenoxy) is 1. The van der Waals surface area contributed by atoms with Crippen molar-refractivity contribution < 1.29 is 19.2 Å². The van der Waals surface area contributed by atoms with Crippen LogP contribution in [-0.4, -0.2) is 78.2 Å². The highest BCUT2D eigenvalue weighted by Crippen LogP contribution is 2.43. The summed E-state index contributed by atoms with van der Waals surface area (Å²) in [5.74, 6) is 0.854. The van der Waals surface area contributed by atoms with E-state index in [0.717, 1.165) is 34.7 Å². The molecule has 2 heterocycles. The maximum absolute atomic E-state index is 13.4. The average Bonchev–Trinajstić information content (AvgIpc) is 2.95. The molecule has 200 valence electrons. The Labute approximate surface area is 226 Å². The first-order valence-corrected chi connectivity index (χ1v) is 13.8. The summed E-state index contributed by atoms with van der Waals surface area (Å²) in [7, 11) is 3.48. The van der Waals surface area contributed by atoms with Crippen molar-refractivity contribution in [3.8, 4) is 5.75 Å². The number of anilines is 1. The summed E-state index contributed by atoms with van der Waals surface area (Å²) in [6.45, 7) is 2.62. The van der Waals surface area contributed by atoms with Gasteiger partial charge in [-0.15, -0.1) is 11.8 Å². The number of thioether (sulfide) groups is 1. The topological polar surface area (TPSA) is 96.2 Å². The molecule has 3 fully saturated rings. The predicted octanol–water partition coefficient (Wildman–Crippen LogP) is 4.04. The van der Waals surface area contributed by atoms with E-state index >= 15 is 0 Å². The number of benzene rings is 2. The van der Waals surface area contributed by atoms with Crippen molar-refractivity contribution >= 4 is 41.0 Å². The molecule has 3 unspecified atom stereocenters. The highest BCUT2D eigenvalue weighted by molar-refractivity contribution is 8.04. The van der Waals surface area contributed by atoms with Crippen molar-refractivity contribution in [1.29, 1.82) is 0 Å². The van der Waals surface area contributed by atoms with E-state index in [0.29, 0.717) is 32.6 Å². The Hall–Kier alpha value is -3.53. The Morgan fingerprint density at radius 2 is 1.84 bits per heavy atom. The van der Waals surface area contributed by atoms with Crippen LogP contribution in [0.2, 0.25) is 0 Å². The Balaban J connectivity index is 1.18. The molecule has 0 N–H and O–H groups in total. The van der Waals surface area contributed by atoms with Gasteiger partial charge in [0.05, 0.1) is 16.9 Å². The number of fused-ring (bicyclic) bond motifs is 1. The fraction of sp³-hybridized carbons (Fsp3) is 0.429. The van der Waals surface area contributed by atoms with Gasteiger partial charge in [0.1, 0.15) is 5.75 Å². The average molecular weight is 537 g/mol. The van der Waals surface area contributed by atoms with E-state index in [1.54, 1.807) is 31.0 Å². The second-order valence-electron chi connectivity index (χ2n) is 10.0. The molecule has 0 bridgehead atoms. The van der Waals surface area contributed by atoms with E-state index in [2.05, 4.69) is 4.90 Å². The van der Waals surface area contributed by atoms with E-state index in [1.807, 2.05) is 47.2 Å². The lowest BCUT2D eigenvalue weighted by Gasteiger charge is -2.45. The van der Waals surface area contributed by atoms with E-state index in [9.17, 15) is 19.7 Å². The number of piperazine rings is 1. The van der Waals surface area contributed by atoms with Crippen LogP contribution < -0.4 is 9.64 Å². The molecule has 0 radical (unpaired) electrons. The van der Waals surface area contributed by atoms with Gasteiger partial charge in [-0.25, -0.2) is 0 Å². The molecule has 9 nitrogen and oxygen atoms in total. The first-order chi connectivity index (χ1) is 18.3. The van der Waals surface area contributed by atoms with Gasteiger partial charge in [-0.05, 0) is 55.2 Å². The Bertz CT molecular complexity index is 1240. The zero-order valence-corrected chi connectivity index (χ0v) is 22.4. The van der Waals surface area contributed by atoms with Crippen molar-refractivity contribution in [1.82, 2.24) is 9.80 Å². The number of carbonyl (C=O) groups excluding carboxylic acids is 2.